The molecule has 3 aromatic rings. The summed E-state index contributed by atoms with van der Waals surface area (Å²) in [6, 6.07) is 10.3. The van der Waals surface area contributed by atoms with E-state index in [-0.39, 0.29) is 0 Å². The zero-order valence-electron chi connectivity index (χ0n) is 14.4. The fourth-order valence-electron chi connectivity index (χ4n) is 2.34. The third-order valence-electron chi connectivity index (χ3n) is 3.85. The van der Waals surface area contributed by atoms with E-state index in [0.29, 0.717) is 6.54 Å². The van der Waals surface area contributed by atoms with E-state index in [1.165, 1.54) is 11.1 Å². The molecule has 25 heavy (non-hydrogen) atoms. The Labute approximate surface area is 151 Å². The molecule has 0 saturated heterocycles. The van der Waals surface area contributed by atoms with E-state index in [1.807, 2.05) is 16.8 Å². The van der Waals surface area contributed by atoms with Crippen molar-refractivity contribution in [1.82, 2.24) is 9.66 Å². The molecule has 0 radical (unpaired) electrons. The topological polar surface area (TPSA) is 42.5 Å². The minimum absolute atomic E-state index is 0.565. The Bertz CT molecular complexity index is 965. The number of rotatable bonds is 5. The molecule has 0 aliphatic rings. The number of pyridine rings is 1. The van der Waals surface area contributed by atoms with Crippen LogP contribution in [0.5, 0.6) is 0 Å². The molecule has 2 aromatic heterocycles. The largest absolute Gasteiger partial charge is 0.264 e. The van der Waals surface area contributed by atoms with E-state index >= 15 is 0 Å². The Balaban J connectivity index is 2.09. The van der Waals surface area contributed by atoms with Gasteiger partial charge in [0.25, 0.3) is 0 Å². The minimum Gasteiger partial charge on any atom is -0.264 e. The molecule has 0 saturated carbocycles. The van der Waals surface area contributed by atoms with Crippen molar-refractivity contribution < 1.29 is 0 Å². The van der Waals surface area contributed by atoms with Crippen molar-refractivity contribution in [2.24, 2.45) is 10.1 Å². The molecule has 126 valence electrons. The first kappa shape index (κ1) is 17.0. The van der Waals surface area contributed by atoms with Gasteiger partial charge in [-0.3, -0.25) is 9.98 Å². The average Bonchev–Trinajstić information content (AvgIpc) is 3.04. The van der Waals surface area contributed by atoms with Crippen LogP contribution in [0, 0.1) is 13.8 Å². The van der Waals surface area contributed by atoms with Gasteiger partial charge in [-0.25, -0.2) is 4.68 Å². The Hall–Kier alpha value is -2.79. The second-order valence-electron chi connectivity index (χ2n) is 5.67. The molecule has 0 unspecified atom stereocenters. The number of aryl methyl sites for hydroxylation is 2. The maximum Gasteiger partial charge on any atom is 0.206 e. The van der Waals surface area contributed by atoms with Gasteiger partial charge in [0.1, 0.15) is 0 Å². The summed E-state index contributed by atoms with van der Waals surface area (Å²) in [5.41, 5.74) is 5.64. The highest BCUT2D eigenvalue weighted by Gasteiger charge is 2.08. The van der Waals surface area contributed by atoms with E-state index in [2.05, 4.69) is 59.1 Å². The molecule has 0 aliphatic carbocycles. The Kier molecular flexibility index (Phi) is 5.36. The van der Waals surface area contributed by atoms with Crippen LogP contribution < -0.4 is 4.80 Å². The van der Waals surface area contributed by atoms with E-state index in [9.17, 15) is 0 Å². The zero-order chi connectivity index (χ0) is 17.6. The summed E-state index contributed by atoms with van der Waals surface area (Å²) in [6.07, 6.45) is 7.12. The van der Waals surface area contributed by atoms with Crippen LogP contribution in [0.2, 0.25) is 0 Å². The van der Waals surface area contributed by atoms with Crippen LogP contribution in [0.15, 0.2) is 70.9 Å². The lowest BCUT2D eigenvalue weighted by atomic mass is 10.1. The van der Waals surface area contributed by atoms with E-state index in [4.69, 9.17) is 0 Å². The van der Waals surface area contributed by atoms with Crippen molar-refractivity contribution in [3.63, 3.8) is 0 Å². The molecular formula is C20H20N4S. The van der Waals surface area contributed by atoms with Crippen molar-refractivity contribution in [2.75, 3.05) is 6.54 Å². The number of hydrogen-bond acceptors (Lipinski definition) is 4. The van der Waals surface area contributed by atoms with Gasteiger partial charge in [0.05, 0.1) is 18.5 Å². The van der Waals surface area contributed by atoms with E-state index in [1.54, 1.807) is 36.0 Å². The van der Waals surface area contributed by atoms with Crippen molar-refractivity contribution in [1.29, 1.82) is 0 Å². The SMILES string of the molecule is C=CCN=c1scc(-c2ccc(C)c(C)c2)n1N=Cc1cccnc1. The Morgan fingerprint density at radius 3 is 2.84 bits per heavy atom. The monoisotopic (exact) mass is 348 g/mol. The van der Waals surface area contributed by atoms with Gasteiger partial charge in [0, 0.05) is 28.9 Å². The lowest BCUT2D eigenvalue weighted by molar-refractivity contribution is 0.840. The molecule has 0 atom stereocenters. The van der Waals surface area contributed by atoms with Gasteiger partial charge in [-0.1, -0.05) is 24.3 Å². The van der Waals surface area contributed by atoms with Gasteiger partial charge < -0.3 is 0 Å². The maximum atomic E-state index is 4.65. The molecule has 0 fully saturated rings. The number of nitrogens with zero attached hydrogens (tertiary/aromatic N) is 4. The molecule has 2 heterocycles. The summed E-state index contributed by atoms with van der Waals surface area (Å²) >= 11 is 1.58. The van der Waals surface area contributed by atoms with Crippen LogP contribution in [0.4, 0.5) is 0 Å². The Morgan fingerprint density at radius 1 is 1.24 bits per heavy atom. The van der Waals surface area contributed by atoms with Crippen molar-refractivity contribution in [3.05, 3.63) is 82.3 Å². The summed E-state index contributed by atoms with van der Waals surface area (Å²) < 4.78 is 1.88. The minimum atomic E-state index is 0.565. The fraction of sp³-hybridized carbons (Fsp3) is 0.150. The van der Waals surface area contributed by atoms with Crippen molar-refractivity contribution in [3.8, 4) is 11.3 Å². The highest BCUT2D eigenvalue weighted by Crippen LogP contribution is 2.23. The number of thiazole rings is 1. The van der Waals surface area contributed by atoms with Gasteiger partial charge in [-0.05, 0) is 37.1 Å². The number of aromatic nitrogens is 2. The smallest absolute Gasteiger partial charge is 0.206 e. The average molecular weight is 348 g/mol. The molecule has 0 bridgehead atoms. The summed E-state index contributed by atoms with van der Waals surface area (Å²) in [4.78, 5) is 9.52. The van der Waals surface area contributed by atoms with Gasteiger partial charge in [0.15, 0.2) is 0 Å². The molecule has 0 N–H and O–H groups in total. The van der Waals surface area contributed by atoms with Crippen LogP contribution >= 0.6 is 11.3 Å². The van der Waals surface area contributed by atoms with Gasteiger partial charge in [0.2, 0.25) is 4.80 Å². The summed E-state index contributed by atoms with van der Waals surface area (Å²) in [7, 11) is 0. The second kappa shape index (κ2) is 7.85. The molecule has 3 rings (SSSR count). The third-order valence-corrected chi connectivity index (χ3v) is 4.70. The quantitative estimate of drug-likeness (QED) is 0.503. The van der Waals surface area contributed by atoms with Gasteiger partial charge >= 0.3 is 0 Å². The molecule has 5 heteroatoms. The number of benzene rings is 1. The molecule has 0 amide bonds. The first-order chi connectivity index (χ1) is 12.2. The maximum absolute atomic E-state index is 4.65. The normalized spacial score (nSPS) is 12.0. The van der Waals surface area contributed by atoms with Crippen LogP contribution in [0.1, 0.15) is 16.7 Å². The van der Waals surface area contributed by atoms with Gasteiger partial charge in [-0.2, -0.15) is 5.10 Å². The summed E-state index contributed by atoms with van der Waals surface area (Å²) in [6.45, 7) is 8.54. The molecule has 0 spiro atoms. The predicted octanol–water partition coefficient (Wildman–Crippen LogP) is 4.20. The van der Waals surface area contributed by atoms with E-state index < -0.39 is 0 Å². The third kappa shape index (κ3) is 4.00. The molecule has 1 aromatic carbocycles. The summed E-state index contributed by atoms with van der Waals surface area (Å²) in [5.74, 6) is 0. The molecular weight excluding hydrogens is 328 g/mol. The second-order valence-corrected chi connectivity index (χ2v) is 6.51. The first-order valence-corrected chi connectivity index (χ1v) is 8.91. The van der Waals surface area contributed by atoms with Gasteiger partial charge in [-0.15, -0.1) is 17.9 Å². The standard InChI is InChI=1S/C20H20N4S/c1-4-9-22-20-24(23-13-17-6-5-10-21-12-17)19(14-25-20)18-8-7-15(2)16(3)11-18/h4-8,10-14H,1,9H2,2-3H3. The molecule has 4 nitrogen and oxygen atoms in total. The van der Waals surface area contributed by atoms with Crippen molar-refractivity contribution >= 4 is 17.6 Å². The molecule has 0 aliphatic heterocycles. The summed E-state index contributed by atoms with van der Waals surface area (Å²) in [5, 5.41) is 6.74. The van der Waals surface area contributed by atoms with Crippen LogP contribution in [-0.4, -0.2) is 22.4 Å². The number of hydrogen-bond donors (Lipinski definition) is 0. The fourth-order valence-corrected chi connectivity index (χ4v) is 3.19. The predicted molar refractivity (Wildman–Crippen MR) is 105 cm³/mol. The lowest BCUT2D eigenvalue weighted by Crippen LogP contribution is -2.12. The van der Waals surface area contributed by atoms with Crippen LogP contribution in [-0.2, 0) is 0 Å². The Morgan fingerprint density at radius 2 is 2.12 bits per heavy atom. The van der Waals surface area contributed by atoms with Crippen LogP contribution in [0.25, 0.3) is 11.3 Å². The zero-order valence-corrected chi connectivity index (χ0v) is 15.2. The highest BCUT2D eigenvalue weighted by atomic mass is 32.1. The van der Waals surface area contributed by atoms with Crippen molar-refractivity contribution in [2.45, 2.75) is 13.8 Å². The lowest BCUT2D eigenvalue weighted by Gasteiger charge is -2.06. The highest BCUT2D eigenvalue weighted by molar-refractivity contribution is 7.07. The van der Waals surface area contributed by atoms with Crippen LogP contribution in [0.3, 0.4) is 0 Å². The first-order valence-electron chi connectivity index (χ1n) is 8.03. The van der Waals surface area contributed by atoms with E-state index in [0.717, 1.165) is 21.6 Å².